The highest BCUT2D eigenvalue weighted by Gasteiger charge is 2.18. The number of aliphatic hydroxyl groups excluding tert-OH is 2. The summed E-state index contributed by atoms with van der Waals surface area (Å²) >= 11 is 0. The molecule has 0 aromatic heterocycles. The van der Waals surface area contributed by atoms with E-state index in [4.69, 9.17) is 4.74 Å². The Morgan fingerprint density at radius 2 is 0.839 bits per heavy atom. The zero-order valence-corrected chi connectivity index (χ0v) is 37.1. The molecule has 0 aromatic carbocycles. The topological polar surface area (TPSA) is 95.9 Å². The van der Waals surface area contributed by atoms with Gasteiger partial charge in [-0.15, -0.1) is 0 Å². The van der Waals surface area contributed by atoms with E-state index >= 15 is 0 Å². The molecular weight excluding hydrogens is 695 g/mol. The summed E-state index contributed by atoms with van der Waals surface area (Å²) in [6, 6.07) is -0.653. The first kappa shape index (κ1) is 54.1. The van der Waals surface area contributed by atoms with Crippen LogP contribution in [0, 0.1) is 0 Å². The van der Waals surface area contributed by atoms with Crippen LogP contribution in [-0.2, 0) is 14.3 Å². The number of carbonyl (C=O) groups is 2. The minimum absolute atomic E-state index is 0.0484. The van der Waals surface area contributed by atoms with Gasteiger partial charge in [0, 0.05) is 12.8 Å². The molecule has 0 saturated carbocycles. The van der Waals surface area contributed by atoms with E-state index in [1.165, 1.54) is 141 Å². The molecular formula is C50H93NO5. The Hall–Kier alpha value is -1.92. The van der Waals surface area contributed by atoms with Gasteiger partial charge in [0.1, 0.15) is 0 Å². The number of carbonyl (C=O) groups excluding carboxylic acids is 2. The van der Waals surface area contributed by atoms with E-state index in [2.05, 4.69) is 43.5 Å². The average molecular weight is 788 g/mol. The van der Waals surface area contributed by atoms with Crippen LogP contribution in [0.25, 0.3) is 0 Å². The summed E-state index contributed by atoms with van der Waals surface area (Å²) in [5.74, 6) is -0.153. The van der Waals surface area contributed by atoms with Gasteiger partial charge in [0.05, 0.1) is 25.4 Å². The minimum atomic E-state index is -0.866. The molecule has 0 aliphatic carbocycles. The van der Waals surface area contributed by atoms with Crippen LogP contribution in [0.1, 0.15) is 245 Å². The SMILES string of the molecule is CCCCCC/C=C\CCCCCCCC(=O)OCCCC/C=C\CCCCCCC(=O)NC(CO)C(O)/C=C/CCCCCCCCCCCCCCCC. The zero-order valence-electron chi connectivity index (χ0n) is 37.1. The van der Waals surface area contributed by atoms with Crippen molar-refractivity contribution in [3.63, 3.8) is 0 Å². The van der Waals surface area contributed by atoms with Crippen LogP contribution in [0.15, 0.2) is 36.5 Å². The number of esters is 1. The van der Waals surface area contributed by atoms with Crippen molar-refractivity contribution in [2.45, 2.75) is 257 Å². The summed E-state index contributed by atoms with van der Waals surface area (Å²) in [5.41, 5.74) is 0. The van der Waals surface area contributed by atoms with Gasteiger partial charge in [-0.1, -0.05) is 185 Å². The summed E-state index contributed by atoms with van der Waals surface area (Å²) in [5, 5.41) is 23.0. The lowest BCUT2D eigenvalue weighted by Gasteiger charge is -2.20. The second kappa shape index (κ2) is 45.8. The van der Waals surface area contributed by atoms with Gasteiger partial charge < -0.3 is 20.3 Å². The highest BCUT2D eigenvalue weighted by molar-refractivity contribution is 5.76. The Kier molecular flexibility index (Phi) is 44.2. The molecule has 1 amide bonds. The third-order valence-electron chi connectivity index (χ3n) is 10.9. The zero-order chi connectivity index (χ0) is 40.8. The molecule has 3 N–H and O–H groups in total. The molecule has 6 nitrogen and oxygen atoms in total. The van der Waals surface area contributed by atoms with E-state index in [1.807, 2.05) is 6.08 Å². The van der Waals surface area contributed by atoms with E-state index in [9.17, 15) is 19.8 Å². The molecule has 328 valence electrons. The van der Waals surface area contributed by atoms with E-state index < -0.39 is 12.1 Å². The van der Waals surface area contributed by atoms with E-state index in [0.717, 1.165) is 77.0 Å². The van der Waals surface area contributed by atoms with Gasteiger partial charge in [-0.05, 0) is 83.5 Å². The fourth-order valence-corrected chi connectivity index (χ4v) is 7.09. The maximum atomic E-state index is 12.4. The number of unbranched alkanes of at least 4 members (excludes halogenated alkanes) is 29. The second-order valence-electron chi connectivity index (χ2n) is 16.4. The molecule has 0 heterocycles. The molecule has 0 saturated heterocycles. The maximum absolute atomic E-state index is 12.4. The van der Waals surface area contributed by atoms with Crippen molar-refractivity contribution in [1.29, 1.82) is 0 Å². The van der Waals surface area contributed by atoms with Crippen molar-refractivity contribution >= 4 is 11.9 Å². The predicted octanol–water partition coefficient (Wildman–Crippen LogP) is 14.1. The van der Waals surface area contributed by atoms with Gasteiger partial charge in [0.25, 0.3) is 0 Å². The number of ether oxygens (including phenoxy) is 1. The first-order chi connectivity index (χ1) is 27.5. The molecule has 0 aliphatic rings. The highest BCUT2D eigenvalue weighted by Crippen LogP contribution is 2.14. The molecule has 0 spiro atoms. The number of nitrogens with one attached hydrogen (secondary N) is 1. The van der Waals surface area contributed by atoms with Crippen molar-refractivity contribution in [2.24, 2.45) is 0 Å². The number of hydrogen-bond acceptors (Lipinski definition) is 5. The smallest absolute Gasteiger partial charge is 0.305 e. The number of hydrogen-bond donors (Lipinski definition) is 3. The van der Waals surface area contributed by atoms with Gasteiger partial charge in [-0.3, -0.25) is 9.59 Å². The lowest BCUT2D eigenvalue weighted by Crippen LogP contribution is -2.45. The van der Waals surface area contributed by atoms with Crippen LogP contribution in [-0.4, -0.2) is 47.4 Å². The van der Waals surface area contributed by atoms with Crippen LogP contribution < -0.4 is 5.32 Å². The fourth-order valence-electron chi connectivity index (χ4n) is 7.09. The molecule has 2 atom stereocenters. The van der Waals surface area contributed by atoms with Crippen molar-refractivity contribution in [1.82, 2.24) is 5.32 Å². The van der Waals surface area contributed by atoms with Gasteiger partial charge in [0.2, 0.25) is 5.91 Å². The number of allylic oxidation sites excluding steroid dienone is 5. The van der Waals surface area contributed by atoms with Crippen LogP contribution in [0.5, 0.6) is 0 Å². The summed E-state index contributed by atoms with van der Waals surface area (Å²) in [6.45, 7) is 4.78. The Bertz CT molecular complexity index is 915. The lowest BCUT2D eigenvalue weighted by atomic mass is 10.0. The molecule has 0 aliphatic heterocycles. The van der Waals surface area contributed by atoms with E-state index in [0.29, 0.717) is 19.4 Å². The third kappa shape index (κ3) is 41.7. The number of rotatable bonds is 44. The molecule has 0 fully saturated rings. The van der Waals surface area contributed by atoms with E-state index in [1.54, 1.807) is 6.08 Å². The van der Waals surface area contributed by atoms with Gasteiger partial charge in [-0.2, -0.15) is 0 Å². The largest absolute Gasteiger partial charge is 0.466 e. The second-order valence-corrected chi connectivity index (χ2v) is 16.4. The lowest BCUT2D eigenvalue weighted by molar-refractivity contribution is -0.143. The number of amides is 1. The van der Waals surface area contributed by atoms with Gasteiger partial charge in [-0.25, -0.2) is 0 Å². The molecule has 0 radical (unpaired) electrons. The van der Waals surface area contributed by atoms with Crippen molar-refractivity contribution in [2.75, 3.05) is 13.2 Å². The molecule has 0 bridgehead atoms. The standard InChI is InChI=1S/C50H93NO5/c1-3-5-7-9-11-13-15-17-18-19-21-22-26-30-34-38-42-48(53)47(46-52)51-49(54)43-39-35-31-27-24-25-29-33-37-41-45-56-50(55)44-40-36-32-28-23-20-16-14-12-10-8-6-4-2/h14,16,25,29,38,42,47-48,52-53H,3-13,15,17-24,26-28,30-37,39-41,43-46H2,1-2H3,(H,51,54)/b16-14-,29-25-,42-38+. The number of aliphatic hydroxyl groups is 2. The molecule has 0 aromatic rings. The van der Waals surface area contributed by atoms with Crippen molar-refractivity contribution < 1.29 is 24.5 Å². The predicted molar refractivity (Wildman–Crippen MR) is 241 cm³/mol. The Morgan fingerprint density at radius 3 is 1.29 bits per heavy atom. The molecule has 56 heavy (non-hydrogen) atoms. The molecule has 2 unspecified atom stereocenters. The molecule has 0 rings (SSSR count). The normalized spacial score (nSPS) is 13.0. The average Bonchev–Trinajstić information content (AvgIpc) is 3.20. The molecule has 6 heteroatoms. The minimum Gasteiger partial charge on any atom is -0.466 e. The van der Waals surface area contributed by atoms with Gasteiger partial charge in [0.15, 0.2) is 0 Å². The first-order valence-electron chi connectivity index (χ1n) is 24.3. The third-order valence-corrected chi connectivity index (χ3v) is 10.9. The maximum Gasteiger partial charge on any atom is 0.305 e. The summed E-state index contributed by atoms with van der Waals surface area (Å²) in [4.78, 5) is 24.4. The van der Waals surface area contributed by atoms with Crippen LogP contribution in [0.3, 0.4) is 0 Å². The summed E-state index contributed by atoms with van der Waals surface area (Å²) in [6.07, 6.45) is 54.2. The van der Waals surface area contributed by atoms with Crippen molar-refractivity contribution in [3.8, 4) is 0 Å². The van der Waals surface area contributed by atoms with E-state index in [-0.39, 0.29) is 18.5 Å². The summed E-state index contributed by atoms with van der Waals surface area (Å²) in [7, 11) is 0. The van der Waals surface area contributed by atoms with Gasteiger partial charge >= 0.3 is 5.97 Å². The highest BCUT2D eigenvalue weighted by atomic mass is 16.5. The Balaban J connectivity index is 3.59. The Morgan fingerprint density at radius 1 is 0.482 bits per heavy atom. The fraction of sp³-hybridized carbons (Fsp3) is 0.840. The Labute approximate surface area is 347 Å². The van der Waals surface area contributed by atoms with Crippen LogP contribution >= 0.6 is 0 Å². The first-order valence-corrected chi connectivity index (χ1v) is 24.3. The van der Waals surface area contributed by atoms with Crippen LogP contribution in [0.4, 0.5) is 0 Å². The van der Waals surface area contributed by atoms with Crippen LogP contribution in [0.2, 0.25) is 0 Å². The summed E-state index contributed by atoms with van der Waals surface area (Å²) < 4.78 is 5.41. The monoisotopic (exact) mass is 788 g/mol. The van der Waals surface area contributed by atoms with Crippen molar-refractivity contribution in [3.05, 3.63) is 36.5 Å². The quantitative estimate of drug-likeness (QED) is 0.0325.